The molecular formula is C51H31N3OS. The number of fused-ring (bicyclic) bond motifs is 6. The molecule has 0 bridgehead atoms. The summed E-state index contributed by atoms with van der Waals surface area (Å²) < 4.78 is 8.89. The maximum atomic E-state index is 6.32. The van der Waals surface area contributed by atoms with E-state index in [0.29, 0.717) is 17.5 Å². The zero-order valence-electron chi connectivity index (χ0n) is 30.1. The molecule has 0 unspecified atom stereocenters. The van der Waals surface area contributed by atoms with Crippen LogP contribution >= 0.6 is 11.3 Å². The first-order valence-corrected chi connectivity index (χ1v) is 19.5. The van der Waals surface area contributed by atoms with Crippen LogP contribution in [0.5, 0.6) is 0 Å². The van der Waals surface area contributed by atoms with Crippen LogP contribution in [0.3, 0.4) is 0 Å². The van der Waals surface area contributed by atoms with E-state index in [-0.39, 0.29) is 0 Å². The van der Waals surface area contributed by atoms with Crippen molar-refractivity contribution in [2.45, 2.75) is 0 Å². The molecule has 4 nitrogen and oxygen atoms in total. The standard InChI is InChI=1S/C51H31N3OS/c1-3-14-32(15-4-1)36-18-7-8-21-43(36)51-53-49(52-50(54-51)35-27-29-39-38-19-9-11-24-45(38)55-46(39)31-35)34-26-28-37(44(30-34)33-16-5-2-6-17-33)41-22-13-23-42-40-20-10-12-25-47(40)56-48(41)42/h1-31H. The van der Waals surface area contributed by atoms with Gasteiger partial charge in [0.2, 0.25) is 0 Å². The highest BCUT2D eigenvalue weighted by atomic mass is 32.1. The Morgan fingerprint density at radius 2 is 0.893 bits per heavy atom. The van der Waals surface area contributed by atoms with Gasteiger partial charge in [-0.2, -0.15) is 0 Å². The number of para-hydroxylation sites is 1. The Bertz CT molecular complexity index is 3260. The number of rotatable bonds is 6. The van der Waals surface area contributed by atoms with Crippen LogP contribution in [-0.4, -0.2) is 15.0 Å². The van der Waals surface area contributed by atoms with Crippen LogP contribution in [0.25, 0.3) is 110 Å². The van der Waals surface area contributed by atoms with Crippen LogP contribution in [0.1, 0.15) is 0 Å². The van der Waals surface area contributed by atoms with Gasteiger partial charge in [0.05, 0.1) is 0 Å². The summed E-state index contributed by atoms with van der Waals surface area (Å²) in [5, 5.41) is 4.71. The van der Waals surface area contributed by atoms with Crippen molar-refractivity contribution in [3.8, 4) is 67.5 Å². The molecule has 3 aromatic heterocycles. The lowest BCUT2D eigenvalue weighted by Gasteiger charge is -2.15. The zero-order chi connectivity index (χ0) is 37.0. The Hall–Kier alpha value is -7.21. The minimum atomic E-state index is 0.579. The maximum Gasteiger partial charge on any atom is 0.164 e. The van der Waals surface area contributed by atoms with Crippen LogP contribution < -0.4 is 0 Å². The van der Waals surface area contributed by atoms with Crippen molar-refractivity contribution >= 4 is 53.4 Å². The van der Waals surface area contributed by atoms with E-state index in [2.05, 4.69) is 152 Å². The first-order chi connectivity index (χ1) is 27.7. The molecule has 5 heteroatoms. The van der Waals surface area contributed by atoms with Gasteiger partial charge in [-0.3, -0.25) is 0 Å². The van der Waals surface area contributed by atoms with Crippen LogP contribution in [0, 0.1) is 0 Å². The number of aromatic nitrogens is 3. The van der Waals surface area contributed by atoms with Gasteiger partial charge in [-0.15, -0.1) is 11.3 Å². The third kappa shape index (κ3) is 5.48. The van der Waals surface area contributed by atoms with Gasteiger partial charge in [0.15, 0.2) is 17.5 Å². The van der Waals surface area contributed by atoms with E-state index >= 15 is 0 Å². The zero-order valence-corrected chi connectivity index (χ0v) is 30.9. The highest BCUT2D eigenvalue weighted by molar-refractivity contribution is 7.26. The summed E-state index contributed by atoms with van der Waals surface area (Å²) in [7, 11) is 0. The first kappa shape index (κ1) is 32.2. The Morgan fingerprint density at radius 1 is 0.321 bits per heavy atom. The molecule has 11 aromatic rings. The maximum absolute atomic E-state index is 6.32. The van der Waals surface area contributed by atoms with Crippen LogP contribution in [0.2, 0.25) is 0 Å². The molecule has 0 saturated heterocycles. The van der Waals surface area contributed by atoms with E-state index in [1.165, 1.54) is 25.7 Å². The van der Waals surface area contributed by atoms with Crippen molar-refractivity contribution in [2.75, 3.05) is 0 Å². The number of furan rings is 1. The number of nitrogens with zero attached hydrogens (tertiary/aromatic N) is 3. The summed E-state index contributed by atoms with van der Waals surface area (Å²) >= 11 is 1.85. The Balaban J connectivity index is 1.13. The summed E-state index contributed by atoms with van der Waals surface area (Å²) in [6.07, 6.45) is 0. The van der Waals surface area contributed by atoms with Crippen molar-refractivity contribution < 1.29 is 4.42 Å². The average molecular weight is 734 g/mol. The molecule has 0 fully saturated rings. The Labute approximate surface area is 327 Å². The van der Waals surface area contributed by atoms with Crippen molar-refractivity contribution in [1.29, 1.82) is 0 Å². The third-order valence-corrected chi connectivity index (χ3v) is 11.8. The number of benzene rings is 8. The summed E-state index contributed by atoms with van der Waals surface area (Å²) in [6.45, 7) is 0. The molecule has 262 valence electrons. The van der Waals surface area contributed by atoms with E-state index < -0.39 is 0 Å². The molecule has 56 heavy (non-hydrogen) atoms. The normalized spacial score (nSPS) is 11.6. The van der Waals surface area contributed by atoms with Gasteiger partial charge in [-0.1, -0.05) is 158 Å². The first-order valence-electron chi connectivity index (χ1n) is 18.7. The van der Waals surface area contributed by atoms with E-state index in [1.54, 1.807) is 0 Å². The highest BCUT2D eigenvalue weighted by Gasteiger charge is 2.20. The van der Waals surface area contributed by atoms with Crippen molar-refractivity contribution in [2.24, 2.45) is 0 Å². The van der Waals surface area contributed by atoms with Gasteiger partial charge in [-0.25, -0.2) is 15.0 Å². The fourth-order valence-corrected chi connectivity index (χ4v) is 9.13. The fourth-order valence-electron chi connectivity index (χ4n) is 7.90. The summed E-state index contributed by atoms with van der Waals surface area (Å²) in [4.78, 5) is 15.7. The molecule has 0 radical (unpaired) electrons. The molecule has 8 aromatic carbocycles. The predicted molar refractivity (Wildman–Crippen MR) is 233 cm³/mol. The predicted octanol–water partition coefficient (Wildman–Crippen LogP) is 14.1. The lowest BCUT2D eigenvalue weighted by atomic mass is 9.92. The lowest BCUT2D eigenvalue weighted by molar-refractivity contribution is 0.669. The molecule has 0 aliphatic rings. The molecule has 0 aliphatic carbocycles. The molecule has 0 spiro atoms. The van der Waals surface area contributed by atoms with Gasteiger partial charge in [0.25, 0.3) is 0 Å². The van der Waals surface area contributed by atoms with Gasteiger partial charge < -0.3 is 4.42 Å². The second kappa shape index (κ2) is 13.3. The largest absolute Gasteiger partial charge is 0.456 e. The lowest BCUT2D eigenvalue weighted by Crippen LogP contribution is -2.01. The minimum absolute atomic E-state index is 0.579. The smallest absolute Gasteiger partial charge is 0.164 e. The molecule has 0 atom stereocenters. The van der Waals surface area contributed by atoms with Gasteiger partial charge in [0.1, 0.15) is 11.2 Å². The van der Waals surface area contributed by atoms with Crippen LogP contribution in [0.15, 0.2) is 192 Å². The SMILES string of the molecule is c1ccc(-c2ccccc2-c2nc(-c3ccc(-c4cccc5c4sc4ccccc45)c(-c4ccccc4)c3)nc(-c3ccc4c(c3)oc3ccccc34)n2)cc1. The van der Waals surface area contributed by atoms with Crippen molar-refractivity contribution in [1.82, 2.24) is 15.0 Å². The molecule has 0 aliphatic heterocycles. The number of hydrogen-bond donors (Lipinski definition) is 0. The Kier molecular flexibility index (Phi) is 7.64. The monoisotopic (exact) mass is 733 g/mol. The number of thiophene rings is 1. The molecule has 11 rings (SSSR count). The molecule has 0 saturated carbocycles. The molecular weight excluding hydrogens is 703 g/mol. The summed E-state index contributed by atoms with van der Waals surface area (Å²) in [6, 6.07) is 65.7. The molecule has 0 N–H and O–H groups in total. The van der Waals surface area contributed by atoms with Gasteiger partial charge in [0, 0.05) is 53.2 Å². The fraction of sp³-hybridized carbons (Fsp3) is 0. The third-order valence-electron chi connectivity index (χ3n) is 10.6. The number of hydrogen-bond acceptors (Lipinski definition) is 5. The van der Waals surface area contributed by atoms with E-state index in [1.807, 2.05) is 47.7 Å². The summed E-state index contributed by atoms with van der Waals surface area (Å²) in [5.74, 6) is 1.78. The highest BCUT2D eigenvalue weighted by Crippen LogP contribution is 2.44. The molecule has 0 amide bonds. The average Bonchev–Trinajstić information content (AvgIpc) is 3.85. The summed E-state index contributed by atoms with van der Waals surface area (Å²) in [5.41, 5.74) is 11.1. The van der Waals surface area contributed by atoms with E-state index in [9.17, 15) is 0 Å². The Morgan fingerprint density at radius 3 is 1.70 bits per heavy atom. The topological polar surface area (TPSA) is 51.8 Å². The van der Waals surface area contributed by atoms with Crippen molar-refractivity contribution in [3.63, 3.8) is 0 Å². The van der Waals surface area contributed by atoms with E-state index in [0.717, 1.165) is 66.4 Å². The quantitative estimate of drug-likeness (QED) is 0.171. The van der Waals surface area contributed by atoms with Gasteiger partial charge >= 0.3 is 0 Å². The minimum Gasteiger partial charge on any atom is -0.456 e. The second-order valence-electron chi connectivity index (χ2n) is 13.9. The van der Waals surface area contributed by atoms with E-state index in [4.69, 9.17) is 19.4 Å². The second-order valence-corrected chi connectivity index (χ2v) is 15.0. The van der Waals surface area contributed by atoms with Crippen molar-refractivity contribution in [3.05, 3.63) is 188 Å². The van der Waals surface area contributed by atoms with Crippen LogP contribution in [-0.2, 0) is 0 Å². The van der Waals surface area contributed by atoms with Crippen LogP contribution in [0.4, 0.5) is 0 Å². The molecule has 3 heterocycles. The van der Waals surface area contributed by atoms with Gasteiger partial charge in [-0.05, 0) is 58.1 Å².